The minimum Gasteiger partial charge on any atom is -0.289 e. The van der Waals surface area contributed by atoms with E-state index in [-0.39, 0.29) is 17.8 Å². The van der Waals surface area contributed by atoms with Crippen molar-refractivity contribution in [1.82, 2.24) is 9.13 Å². The molecule has 0 spiro atoms. The third-order valence-corrected chi connectivity index (χ3v) is 5.70. The molecule has 0 radical (unpaired) electrons. The largest absolute Gasteiger partial charge is 0.332 e. The molecule has 0 atom stereocenters. The summed E-state index contributed by atoms with van der Waals surface area (Å²) >= 11 is 6.97. The predicted octanol–water partition coefficient (Wildman–Crippen LogP) is 4.78. The average Bonchev–Trinajstić information content (AvgIpc) is 2.69. The standard InChI is InChI=1S/C22H16Br2N2O2/c23-17-11-18(24)20-19(12-17)25(13-15-7-3-1-4-8-15)22(28)26(21(20)27)14-16-9-5-2-6-10-16/h1-12H,13-14H2. The first-order valence-electron chi connectivity index (χ1n) is 8.75. The number of rotatable bonds is 4. The smallest absolute Gasteiger partial charge is 0.289 e. The van der Waals surface area contributed by atoms with Gasteiger partial charge in [-0.15, -0.1) is 0 Å². The van der Waals surface area contributed by atoms with Crippen LogP contribution in [0.4, 0.5) is 0 Å². The minimum absolute atomic E-state index is 0.228. The molecule has 0 aliphatic rings. The lowest BCUT2D eigenvalue weighted by Gasteiger charge is -2.15. The lowest BCUT2D eigenvalue weighted by atomic mass is 10.2. The molecule has 0 N–H and O–H groups in total. The highest BCUT2D eigenvalue weighted by Gasteiger charge is 2.17. The maximum Gasteiger partial charge on any atom is 0.332 e. The van der Waals surface area contributed by atoms with Crippen molar-refractivity contribution in [1.29, 1.82) is 0 Å². The molecule has 4 aromatic rings. The fraction of sp³-hybridized carbons (Fsp3) is 0.0909. The zero-order valence-electron chi connectivity index (χ0n) is 14.8. The molecule has 140 valence electrons. The average molecular weight is 500 g/mol. The summed E-state index contributed by atoms with van der Waals surface area (Å²) in [7, 11) is 0. The summed E-state index contributed by atoms with van der Waals surface area (Å²) in [6.07, 6.45) is 0. The highest BCUT2D eigenvalue weighted by molar-refractivity contribution is 9.11. The second kappa shape index (κ2) is 7.89. The number of fused-ring (bicyclic) bond motifs is 1. The molecule has 1 heterocycles. The molecule has 0 saturated heterocycles. The summed E-state index contributed by atoms with van der Waals surface area (Å²) in [6, 6.07) is 22.9. The lowest BCUT2D eigenvalue weighted by molar-refractivity contribution is 0.634. The molecule has 0 bridgehead atoms. The third kappa shape index (κ3) is 3.62. The summed E-state index contributed by atoms with van der Waals surface area (Å²) in [5, 5.41) is 0.495. The molecule has 0 fully saturated rings. The monoisotopic (exact) mass is 498 g/mol. The Balaban J connectivity index is 2.00. The normalized spacial score (nSPS) is 11.1. The molecule has 4 nitrogen and oxygen atoms in total. The van der Waals surface area contributed by atoms with E-state index in [1.54, 1.807) is 4.57 Å². The van der Waals surface area contributed by atoms with Crippen molar-refractivity contribution in [2.75, 3.05) is 0 Å². The van der Waals surface area contributed by atoms with Gasteiger partial charge in [0.1, 0.15) is 0 Å². The first kappa shape index (κ1) is 18.9. The van der Waals surface area contributed by atoms with Crippen LogP contribution in [-0.4, -0.2) is 9.13 Å². The van der Waals surface area contributed by atoms with Crippen molar-refractivity contribution in [3.63, 3.8) is 0 Å². The molecule has 28 heavy (non-hydrogen) atoms. The molecule has 4 rings (SSSR count). The maximum atomic E-state index is 13.3. The summed E-state index contributed by atoms with van der Waals surface area (Å²) in [5.74, 6) is 0. The molecule has 0 amide bonds. The van der Waals surface area contributed by atoms with Crippen LogP contribution in [0, 0.1) is 0 Å². The summed E-state index contributed by atoms with van der Waals surface area (Å²) in [4.78, 5) is 26.5. The van der Waals surface area contributed by atoms with Gasteiger partial charge in [0, 0.05) is 8.95 Å². The van der Waals surface area contributed by atoms with E-state index in [9.17, 15) is 9.59 Å². The second-order valence-corrected chi connectivity index (χ2v) is 8.28. The zero-order chi connectivity index (χ0) is 19.7. The Kier molecular flexibility index (Phi) is 5.33. The molecule has 1 aromatic heterocycles. The Morgan fingerprint density at radius 2 is 1.25 bits per heavy atom. The van der Waals surface area contributed by atoms with E-state index in [4.69, 9.17) is 0 Å². The van der Waals surface area contributed by atoms with Crippen molar-refractivity contribution in [2.45, 2.75) is 13.1 Å². The van der Waals surface area contributed by atoms with E-state index in [2.05, 4.69) is 31.9 Å². The highest BCUT2D eigenvalue weighted by Crippen LogP contribution is 2.26. The fourth-order valence-electron chi connectivity index (χ4n) is 3.28. The number of nitrogens with zero attached hydrogens (tertiary/aromatic N) is 2. The van der Waals surface area contributed by atoms with Gasteiger partial charge in [-0.3, -0.25) is 13.9 Å². The minimum atomic E-state index is -0.324. The summed E-state index contributed by atoms with van der Waals surface area (Å²) < 4.78 is 4.42. The van der Waals surface area contributed by atoms with Crippen LogP contribution >= 0.6 is 31.9 Å². The van der Waals surface area contributed by atoms with Crippen molar-refractivity contribution < 1.29 is 0 Å². The van der Waals surface area contributed by atoms with Gasteiger partial charge in [-0.25, -0.2) is 4.79 Å². The second-order valence-electron chi connectivity index (χ2n) is 6.51. The topological polar surface area (TPSA) is 44.0 Å². The van der Waals surface area contributed by atoms with E-state index >= 15 is 0 Å². The molecule has 0 aliphatic carbocycles. The van der Waals surface area contributed by atoms with E-state index in [0.29, 0.717) is 21.9 Å². The van der Waals surface area contributed by atoms with E-state index in [1.807, 2.05) is 72.8 Å². The van der Waals surface area contributed by atoms with E-state index in [1.165, 1.54) is 4.57 Å². The van der Waals surface area contributed by atoms with Gasteiger partial charge in [0.25, 0.3) is 5.56 Å². The van der Waals surface area contributed by atoms with Crippen molar-refractivity contribution in [2.24, 2.45) is 0 Å². The molecular weight excluding hydrogens is 484 g/mol. The number of hydrogen-bond acceptors (Lipinski definition) is 2. The van der Waals surface area contributed by atoms with Crippen LogP contribution in [0.5, 0.6) is 0 Å². The first-order chi connectivity index (χ1) is 13.5. The Morgan fingerprint density at radius 3 is 1.82 bits per heavy atom. The van der Waals surface area contributed by atoms with Gasteiger partial charge in [-0.2, -0.15) is 0 Å². The first-order valence-corrected chi connectivity index (χ1v) is 10.3. The van der Waals surface area contributed by atoms with Gasteiger partial charge in [0.05, 0.1) is 24.0 Å². The van der Waals surface area contributed by atoms with Crippen molar-refractivity contribution in [3.05, 3.63) is 114 Å². The number of halogens is 2. The highest BCUT2D eigenvalue weighted by atomic mass is 79.9. The van der Waals surface area contributed by atoms with Gasteiger partial charge in [-0.05, 0) is 39.2 Å². The molecule has 3 aromatic carbocycles. The van der Waals surface area contributed by atoms with Gasteiger partial charge in [-0.1, -0.05) is 76.6 Å². The van der Waals surface area contributed by atoms with Gasteiger partial charge < -0.3 is 0 Å². The van der Waals surface area contributed by atoms with Gasteiger partial charge in [0.15, 0.2) is 0 Å². The van der Waals surface area contributed by atoms with Gasteiger partial charge in [0.2, 0.25) is 0 Å². The van der Waals surface area contributed by atoms with E-state index < -0.39 is 0 Å². The molecule has 0 aliphatic heterocycles. The maximum absolute atomic E-state index is 13.3. The quantitative estimate of drug-likeness (QED) is 0.405. The molecule has 0 unspecified atom stereocenters. The van der Waals surface area contributed by atoms with Crippen LogP contribution < -0.4 is 11.2 Å². The number of hydrogen-bond donors (Lipinski definition) is 0. The lowest BCUT2D eigenvalue weighted by Crippen LogP contribution is -2.40. The predicted molar refractivity (Wildman–Crippen MR) is 119 cm³/mol. The van der Waals surface area contributed by atoms with Crippen LogP contribution in [0.25, 0.3) is 10.9 Å². The van der Waals surface area contributed by atoms with Crippen LogP contribution in [0.15, 0.2) is 91.3 Å². The van der Waals surface area contributed by atoms with Crippen LogP contribution in [0.1, 0.15) is 11.1 Å². The molecule has 0 saturated carbocycles. The fourth-order valence-corrected chi connectivity index (χ4v) is 4.65. The Labute approximate surface area is 178 Å². The van der Waals surface area contributed by atoms with Crippen LogP contribution in [0.2, 0.25) is 0 Å². The zero-order valence-corrected chi connectivity index (χ0v) is 18.0. The number of aromatic nitrogens is 2. The Morgan fingerprint density at radius 1 is 0.714 bits per heavy atom. The van der Waals surface area contributed by atoms with Crippen LogP contribution in [-0.2, 0) is 13.1 Å². The van der Waals surface area contributed by atoms with Crippen molar-refractivity contribution >= 4 is 42.8 Å². The van der Waals surface area contributed by atoms with Crippen molar-refractivity contribution in [3.8, 4) is 0 Å². The van der Waals surface area contributed by atoms with Gasteiger partial charge >= 0.3 is 5.69 Å². The van der Waals surface area contributed by atoms with Crippen LogP contribution in [0.3, 0.4) is 0 Å². The Bertz CT molecular complexity index is 1260. The third-order valence-electron chi connectivity index (χ3n) is 4.61. The van der Waals surface area contributed by atoms with E-state index in [0.717, 1.165) is 15.6 Å². The summed E-state index contributed by atoms with van der Waals surface area (Å²) in [5.41, 5.74) is 1.87. The Hall–Kier alpha value is -2.44. The summed E-state index contributed by atoms with van der Waals surface area (Å²) in [6.45, 7) is 0.611. The number of benzene rings is 3. The molecular formula is C22H16Br2N2O2. The SMILES string of the molecule is O=c1c2c(Br)cc(Br)cc2n(Cc2ccccc2)c(=O)n1Cc1ccccc1. The molecule has 6 heteroatoms.